The van der Waals surface area contributed by atoms with Crippen LogP contribution in [0, 0.1) is 0 Å². The molecular weight excluding hydrogens is 292 g/mol. The number of carbonyl (C=O) groups excluding carboxylic acids is 1. The first kappa shape index (κ1) is 17.5. The molecule has 1 aliphatic rings. The third-order valence-electron chi connectivity index (χ3n) is 3.83. The second kappa shape index (κ2) is 9.36. The summed E-state index contributed by atoms with van der Waals surface area (Å²) in [5, 5.41) is 0. The van der Waals surface area contributed by atoms with Crippen molar-refractivity contribution in [3.63, 3.8) is 0 Å². The highest BCUT2D eigenvalue weighted by atomic mass is 16.7. The van der Waals surface area contributed by atoms with Crippen molar-refractivity contribution in [3.8, 4) is 5.75 Å². The van der Waals surface area contributed by atoms with Crippen molar-refractivity contribution in [1.29, 1.82) is 0 Å². The van der Waals surface area contributed by atoms with Gasteiger partial charge in [-0.3, -0.25) is 4.79 Å². The van der Waals surface area contributed by atoms with E-state index in [1.807, 2.05) is 50.3 Å². The molecule has 0 saturated carbocycles. The lowest BCUT2D eigenvalue weighted by Gasteiger charge is -2.23. The van der Waals surface area contributed by atoms with E-state index < -0.39 is 0 Å². The predicted octanol–water partition coefficient (Wildman–Crippen LogP) is 4.20. The maximum Gasteiger partial charge on any atom is 0.306 e. The lowest BCUT2D eigenvalue weighted by Crippen LogP contribution is -2.24. The van der Waals surface area contributed by atoms with Crippen LogP contribution < -0.4 is 4.74 Å². The molecule has 0 N–H and O–H groups in total. The van der Waals surface area contributed by atoms with Gasteiger partial charge in [0.05, 0.1) is 19.6 Å². The largest absolute Gasteiger partial charge is 0.466 e. The summed E-state index contributed by atoms with van der Waals surface area (Å²) in [6.45, 7) is 4.96. The van der Waals surface area contributed by atoms with Gasteiger partial charge in [-0.2, -0.15) is 0 Å². The summed E-state index contributed by atoms with van der Waals surface area (Å²) in [6, 6.07) is 7.88. The summed E-state index contributed by atoms with van der Waals surface area (Å²) in [6.07, 6.45) is 7.39. The van der Waals surface area contributed by atoms with Crippen molar-refractivity contribution in [1.82, 2.24) is 0 Å². The van der Waals surface area contributed by atoms with Crippen LogP contribution in [0.5, 0.6) is 5.75 Å². The Kier molecular flexibility index (Phi) is 7.14. The molecule has 1 fully saturated rings. The van der Waals surface area contributed by atoms with Crippen molar-refractivity contribution in [2.24, 2.45) is 0 Å². The first-order valence-electron chi connectivity index (χ1n) is 8.39. The molecule has 2 rings (SSSR count). The molecule has 0 spiro atoms. The molecule has 1 aliphatic heterocycles. The summed E-state index contributed by atoms with van der Waals surface area (Å²) in [4.78, 5) is 11.7. The molecule has 1 saturated heterocycles. The molecule has 1 unspecified atom stereocenters. The second-order valence-corrected chi connectivity index (χ2v) is 5.62. The minimum absolute atomic E-state index is 0.0269. The molecule has 0 bridgehead atoms. The highest BCUT2D eigenvalue weighted by Crippen LogP contribution is 2.26. The van der Waals surface area contributed by atoms with Crippen LogP contribution in [0.2, 0.25) is 0 Å². The summed E-state index contributed by atoms with van der Waals surface area (Å²) in [5.41, 5.74) is 1.08. The molecule has 4 nitrogen and oxygen atoms in total. The maximum absolute atomic E-state index is 11.7. The molecule has 1 heterocycles. The Hall–Kier alpha value is -1.81. The van der Waals surface area contributed by atoms with Crippen LogP contribution in [0.25, 0.3) is 0 Å². The quantitative estimate of drug-likeness (QED) is 0.558. The van der Waals surface area contributed by atoms with Gasteiger partial charge in [0, 0.05) is 12.3 Å². The van der Waals surface area contributed by atoms with Gasteiger partial charge in [-0.15, -0.1) is 0 Å². The van der Waals surface area contributed by atoms with Gasteiger partial charge >= 0.3 is 5.97 Å². The maximum atomic E-state index is 11.7. The van der Waals surface area contributed by atoms with Gasteiger partial charge < -0.3 is 14.2 Å². The average molecular weight is 318 g/mol. The van der Waals surface area contributed by atoms with E-state index in [1.54, 1.807) is 0 Å². The highest BCUT2D eigenvalue weighted by Gasteiger charge is 2.17. The fraction of sp³-hybridized carbons (Fsp3) is 0.526. The fourth-order valence-corrected chi connectivity index (χ4v) is 2.68. The summed E-state index contributed by atoms with van der Waals surface area (Å²) < 4.78 is 16.5. The molecule has 23 heavy (non-hydrogen) atoms. The second-order valence-electron chi connectivity index (χ2n) is 5.62. The molecule has 0 amide bonds. The van der Waals surface area contributed by atoms with Crippen LogP contribution >= 0.6 is 0 Å². The van der Waals surface area contributed by atoms with Gasteiger partial charge in [0.15, 0.2) is 6.29 Å². The molecule has 0 aromatic heterocycles. The molecular formula is C19H26O4. The Morgan fingerprint density at radius 2 is 2.13 bits per heavy atom. The first-order chi connectivity index (χ1) is 11.2. The molecule has 1 aromatic carbocycles. The fourth-order valence-electron chi connectivity index (χ4n) is 2.68. The molecule has 0 aliphatic carbocycles. The Labute approximate surface area is 138 Å². The van der Waals surface area contributed by atoms with Crippen molar-refractivity contribution in [3.05, 3.63) is 42.0 Å². The van der Waals surface area contributed by atoms with E-state index in [-0.39, 0.29) is 18.2 Å². The zero-order valence-corrected chi connectivity index (χ0v) is 14.0. The van der Waals surface area contributed by atoms with Crippen LogP contribution in [-0.4, -0.2) is 25.5 Å². The number of rotatable bonds is 7. The van der Waals surface area contributed by atoms with Gasteiger partial charge in [0.25, 0.3) is 0 Å². The molecule has 2 atom stereocenters. The van der Waals surface area contributed by atoms with E-state index in [0.29, 0.717) is 13.0 Å². The zero-order valence-electron chi connectivity index (χ0n) is 14.0. The van der Waals surface area contributed by atoms with Crippen LogP contribution in [0.4, 0.5) is 0 Å². The van der Waals surface area contributed by atoms with Gasteiger partial charge in [0.2, 0.25) is 0 Å². The third kappa shape index (κ3) is 5.71. The van der Waals surface area contributed by atoms with E-state index in [9.17, 15) is 4.79 Å². The van der Waals surface area contributed by atoms with Gasteiger partial charge in [-0.25, -0.2) is 0 Å². The number of allylic oxidation sites excluding steroid dienone is 2. The van der Waals surface area contributed by atoms with Crippen LogP contribution in [0.3, 0.4) is 0 Å². The number of esters is 1. The number of hydrogen-bond donors (Lipinski definition) is 0. The SMILES string of the molecule is CC=C[C@H](CC(=O)OCC)c1ccc(OC2CCCCO2)cc1. The normalized spacial score (nSPS) is 19.5. The minimum atomic E-state index is -0.175. The lowest BCUT2D eigenvalue weighted by molar-refractivity contribution is -0.143. The highest BCUT2D eigenvalue weighted by molar-refractivity contribution is 5.71. The van der Waals surface area contributed by atoms with E-state index in [0.717, 1.165) is 37.2 Å². The van der Waals surface area contributed by atoms with Crippen molar-refractivity contribution in [2.75, 3.05) is 13.2 Å². The number of hydrogen-bond acceptors (Lipinski definition) is 4. The zero-order chi connectivity index (χ0) is 16.5. The number of carbonyl (C=O) groups is 1. The monoisotopic (exact) mass is 318 g/mol. The van der Waals surface area contributed by atoms with Gasteiger partial charge in [-0.05, 0) is 44.4 Å². The smallest absolute Gasteiger partial charge is 0.306 e. The van der Waals surface area contributed by atoms with E-state index in [2.05, 4.69) is 0 Å². The topological polar surface area (TPSA) is 44.8 Å². The molecule has 126 valence electrons. The third-order valence-corrected chi connectivity index (χ3v) is 3.83. The van der Waals surface area contributed by atoms with Gasteiger partial charge in [-0.1, -0.05) is 24.3 Å². The van der Waals surface area contributed by atoms with Crippen LogP contribution in [-0.2, 0) is 14.3 Å². The summed E-state index contributed by atoms with van der Waals surface area (Å²) in [7, 11) is 0. The van der Waals surface area contributed by atoms with E-state index >= 15 is 0 Å². The van der Waals surface area contributed by atoms with Crippen LogP contribution in [0.1, 0.15) is 51.0 Å². The van der Waals surface area contributed by atoms with E-state index in [4.69, 9.17) is 14.2 Å². The Morgan fingerprint density at radius 1 is 1.35 bits per heavy atom. The Morgan fingerprint density at radius 3 is 2.74 bits per heavy atom. The van der Waals surface area contributed by atoms with Crippen LogP contribution in [0.15, 0.2) is 36.4 Å². The van der Waals surface area contributed by atoms with Crippen molar-refractivity contribution < 1.29 is 19.0 Å². The summed E-state index contributed by atoms with van der Waals surface area (Å²) >= 11 is 0. The Bertz CT molecular complexity index is 501. The number of benzene rings is 1. The van der Waals surface area contributed by atoms with Crippen molar-refractivity contribution >= 4 is 5.97 Å². The average Bonchev–Trinajstić information content (AvgIpc) is 2.56. The first-order valence-corrected chi connectivity index (χ1v) is 8.39. The van der Waals surface area contributed by atoms with Gasteiger partial charge in [0.1, 0.15) is 5.75 Å². The molecule has 4 heteroatoms. The minimum Gasteiger partial charge on any atom is -0.466 e. The lowest BCUT2D eigenvalue weighted by atomic mass is 9.95. The Balaban J connectivity index is 1.98. The van der Waals surface area contributed by atoms with Crippen molar-refractivity contribution in [2.45, 2.75) is 51.7 Å². The summed E-state index contributed by atoms with van der Waals surface area (Å²) in [5.74, 6) is 0.654. The molecule has 0 radical (unpaired) electrons. The molecule has 1 aromatic rings. The number of ether oxygens (including phenoxy) is 3. The standard InChI is InChI=1S/C19H26O4/c1-3-7-16(14-18(20)21-4-2)15-9-11-17(12-10-15)23-19-8-5-6-13-22-19/h3,7,9-12,16,19H,4-6,8,13-14H2,1-2H3/t16-,19?/m1/s1. The predicted molar refractivity (Wildman–Crippen MR) is 89.5 cm³/mol. The van der Waals surface area contributed by atoms with E-state index in [1.165, 1.54) is 0 Å².